The first-order valence-electron chi connectivity index (χ1n) is 4.78. The summed E-state index contributed by atoms with van der Waals surface area (Å²) in [4.78, 5) is 2.06. The Kier molecular flexibility index (Phi) is 5.05. The third kappa shape index (κ3) is 6.62. The standard InChI is InChI=1S/C11H21NO/c1-6-7-8-10(2)12(5)9-11(3,4)13/h10,13H,6,9H2,1-5H3. The molecule has 0 heterocycles. The predicted octanol–water partition coefficient (Wildman–Crippen LogP) is 1.49. The average Bonchev–Trinajstić information content (AvgIpc) is 1.96. The van der Waals surface area contributed by atoms with Crippen molar-refractivity contribution in [2.45, 2.75) is 45.8 Å². The number of hydrogen-bond acceptors (Lipinski definition) is 2. The number of hydrogen-bond donors (Lipinski definition) is 1. The predicted molar refractivity (Wildman–Crippen MR) is 56.5 cm³/mol. The minimum absolute atomic E-state index is 0.214. The van der Waals surface area contributed by atoms with Gasteiger partial charge in [0.25, 0.3) is 0 Å². The van der Waals surface area contributed by atoms with Crippen LogP contribution in [0.5, 0.6) is 0 Å². The molecule has 76 valence electrons. The summed E-state index contributed by atoms with van der Waals surface area (Å²) in [5, 5.41) is 9.57. The van der Waals surface area contributed by atoms with Gasteiger partial charge in [0.15, 0.2) is 0 Å². The Bertz CT molecular complexity index is 194. The Morgan fingerprint density at radius 1 is 1.46 bits per heavy atom. The molecule has 1 N–H and O–H groups in total. The highest BCUT2D eigenvalue weighted by Gasteiger charge is 2.17. The van der Waals surface area contributed by atoms with Crippen LogP contribution in [0.25, 0.3) is 0 Å². The number of nitrogens with zero attached hydrogens (tertiary/aromatic N) is 1. The molecule has 0 aromatic carbocycles. The molecule has 0 amide bonds. The summed E-state index contributed by atoms with van der Waals surface area (Å²) in [6, 6.07) is 0.214. The van der Waals surface area contributed by atoms with Gasteiger partial charge >= 0.3 is 0 Å². The van der Waals surface area contributed by atoms with E-state index in [9.17, 15) is 5.11 Å². The maximum absolute atomic E-state index is 9.57. The second-order valence-corrected chi connectivity index (χ2v) is 4.08. The van der Waals surface area contributed by atoms with E-state index in [-0.39, 0.29) is 6.04 Å². The molecule has 0 fully saturated rings. The molecule has 1 atom stereocenters. The lowest BCUT2D eigenvalue weighted by Gasteiger charge is -2.27. The fourth-order valence-electron chi connectivity index (χ4n) is 1.11. The molecule has 0 rings (SSSR count). The summed E-state index contributed by atoms with van der Waals surface area (Å²) in [5.74, 6) is 6.16. The maximum atomic E-state index is 9.57. The van der Waals surface area contributed by atoms with E-state index in [1.165, 1.54) is 0 Å². The van der Waals surface area contributed by atoms with Crippen molar-refractivity contribution < 1.29 is 5.11 Å². The summed E-state index contributed by atoms with van der Waals surface area (Å²) in [6.45, 7) is 8.35. The molecule has 0 aliphatic carbocycles. The first-order valence-corrected chi connectivity index (χ1v) is 4.78. The molecule has 0 aromatic heterocycles. The third-order valence-corrected chi connectivity index (χ3v) is 1.79. The van der Waals surface area contributed by atoms with E-state index in [1.54, 1.807) is 0 Å². The fourth-order valence-corrected chi connectivity index (χ4v) is 1.11. The van der Waals surface area contributed by atoms with Crippen molar-refractivity contribution in [3.63, 3.8) is 0 Å². The molecule has 1 unspecified atom stereocenters. The van der Waals surface area contributed by atoms with E-state index >= 15 is 0 Å². The van der Waals surface area contributed by atoms with E-state index in [0.29, 0.717) is 6.54 Å². The van der Waals surface area contributed by atoms with Gasteiger partial charge in [0.2, 0.25) is 0 Å². The average molecular weight is 183 g/mol. The van der Waals surface area contributed by atoms with Gasteiger partial charge in [-0.05, 0) is 27.8 Å². The molecule has 2 nitrogen and oxygen atoms in total. The van der Waals surface area contributed by atoms with Crippen LogP contribution in [-0.4, -0.2) is 35.2 Å². The minimum atomic E-state index is -0.642. The van der Waals surface area contributed by atoms with Crippen LogP contribution >= 0.6 is 0 Å². The van der Waals surface area contributed by atoms with Gasteiger partial charge < -0.3 is 5.11 Å². The summed E-state index contributed by atoms with van der Waals surface area (Å²) >= 11 is 0. The summed E-state index contributed by atoms with van der Waals surface area (Å²) < 4.78 is 0. The van der Waals surface area contributed by atoms with Crippen molar-refractivity contribution in [2.24, 2.45) is 0 Å². The zero-order chi connectivity index (χ0) is 10.5. The van der Waals surface area contributed by atoms with Gasteiger partial charge in [0.1, 0.15) is 0 Å². The van der Waals surface area contributed by atoms with Crippen LogP contribution in [0.4, 0.5) is 0 Å². The lowest BCUT2D eigenvalue weighted by Crippen LogP contribution is -2.40. The van der Waals surface area contributed by atoms with Gasteiger partial charge in [-0.15, -0.1) is 5.92 Å². The molecule has 0 spiro atoms. The van der Waals surface area contributed by atoms with Crippen molar-refractivity contribution in [1.82, 2.24) is 4.90 Å². The Labute approximate surface area is 81.9 Å². The van der Waals surface area contributed by atoms with E-state index in [4.69, 9.17) is 0 Å². The molecular weight excluding hydrogens is 162 g/mol. The molecular formula is C11H21NO. The molecule has 2 heteroatoms. The van der Waals surface area contributed by atoms with Gasteiger partial charge in [-0.3, -0.25) is 4.90 Å². The van der Waals surface area contributed by atoms with Crippen molar-refractivity contribution >= 4 is 0 Å². The molecule has 0 aromatic rings. The van der Waals surface area contributed by atoms with Crippen LogP contribution < -0.4 is 0 Å². The first kappa shape index (κ1) is 12.5. The number of rotatable bonds is 3. The smallest absolute Gasteiger partial charge is 0.0718 e. The number of likely N-dealkylation sites (N-methyl/N-ethyl adjacent to an activating group) is 1. The van der Waals surface area contributed by atoms with Crippen LogP contribution in [0.15, 0.2) is 0 Å². The first-order chi connectivity index (χ1) is 5.87. The van der Waals surface area contributed by atoms with Crippen molar-refractivity contribution in [1.29, 1.82) is 0 Å². The largest absolute Gasteiger partial charge is 0.389 e. The Morgan fingerprint density at radius 3 is 2.38 bits per heavy atom. The highest BCUT2D eigenvalue weighted by Crippen LogP contribution is 2.05. The number of aliphatic hydroxyl groups is 1. The Balaban J connectivity index is 4.04. The maximum Gasteiger partial charge on any atom is 0.0718 e. The van der Waals surface area contributed by atoms with Crippen molar-refractivity contribution in [3.05, 3.63) is 0 Å². The summed E-state index contributed by atoms with van der Waals surface area (Å²) in [7, 11) is 1.98. The van der Waals surface area contributed by atoms with E-state index in [1.807, 2.05) is 27.8 Å². The highest BCUT2D eigenvalue weighted by molar-refractivity contribution is 5.06. The second-order valence-electron chi connectivity index (χ2n) is 4.08. The molecule has 0 bridgehead atoms. The lowest BCUT2D eigenvalue weighted by molar-refractivity contribution is 0.0399. The zero-order valence-electron chi connectivity index (χ0n) is 9.39. The molecule has 13 heavy (non-hydrogen) atoms. The molecule has 0 saturated carbocycles. The van der Waals surface area contributed by atoms with E-state index < -0.39 is 5.60 Å². The van der Waals surface area contributed by atoms with Gasteiger partial charge in [0.05, 0.1) is 11.6 Å². The molecule has 0 saturated heterocycles. The Hall–Kier alpha value is -0.520. The van der Waals surface area contributed by atoms with Crippen LogP contribution in [0.2, 0.25) is 0 Å². The molecule has 0 aliphatic heterocycles. The summed E-state index contributed by atoms with van der Waals surface area (Å²) in [6.07, 6.45) is 0.890. The van der Waals surface area contributed by atoms with Gasteiger partial charge in [0, 0.05) is 13.0 Å². The van der Waals surface area contributed by atoms with Gasteiger partial charge in [-0.25, -0.2) is 0 Å². The van der Waals surface area contributed by atoms with Crippen LogP contribution in [0.1, 0.15) is 34.1 Å². The Morgan fingerprint density at radius 2 is 2.00 bits per heavy atom. The topological polar surface area (TPSA) is 23.5 Å². The van der Waals surface area contributed by atoms with Gasteiger partial charge in [-0.2, -0.15) is 0 Å². The zero-order valence-corrected chi connectivity index (χ0v) is 9.39. The molecule has 0 radical (unpaired) electrons. The normalized spacial score (nSPS) is 13.8. The van der Waals surface area contributed by atoms with E-state index in [2.05, 4.69) is 23.7 Å². The van der Waals surface area contributed by atoms with Crippen LogP contribution in [0.3, 0.4) is 0 Å². The molecule has 0 aliphatic rings. The van der Waals surface area contributed by atoms with E-state index in [0.717, 1.165) is 6.42 Å². The quantitative estimate of drug-likeness (QED) is 0.670. The third-order valence-electron chi connectivity index (χ3n) is 1.79. The monoisotopic (exact) mass is 183 g/mol. The van der Waals surface area contributed by atoms with Crippen molar-refractivity contribution in [2.75, 3.05) is 13.6 Å². The summed E-state index contributed by atoms with van der Waals surface area (Å²) in [5.41, 5.74) is -0.642. The lowest BCUT2D eigenvalue weighted by atomic mass is 10.1. The van der Waals surface area contributed by atoms with Crippen molar-refractivity contribution in [3.8, 4) is 11.8 Å². The fraction of sp³-hybridized carbons (Fsp3) is 0.818. The van der Waals surface area contributed by atoms with Crippen LogP contribution in [0, 0.1) is 11.8 Å². The van der Waals surface area contributed by atoms with Gasteiger partial charge in [-0.1, -0.05) is 12.8 Å². The van der Waals surface area contributed by atoms with Crippen LogP contribution in [-0.2, 0) is 0 Å². The second kappa shape index (κ2) is 5.26. The minimum Gasteiger partial charge on any atom is -0.389 e. The highest BCUT2D eigenvalue weighted by atomic mass is 16.3. The SMILES string of the molecule is CCC#CC(C)N(C)CC(C)(C)O.